The van der Waals surface area contributed by atoms with Crippen molar-refractivity contribution >= 4 is 0 Å². The van der Waals surface area contributed by atoms with Crippen molar-refractivity contribution in [2.24, 2.45) is 16.7 Å². The predicted molar refractivity (Wildman–Crippen MR) is 74.5 cm³/mol. The fourth-order valence-electron chi connectivity index (χ4n) is 1.69. The second kappa shape index (κ2) is 5.25. The van der Waals surface area contributed by atoms with E-state index in [4.69, 9.17) is 0 Å². The molecule has 0 bridgehead atoms. The van der Waals surface area contributed by atoms with Gasteiger partial charge in [0.15, 0.2) is 0 Å². The standard InChI is InChI=1S/C15H31N/c1-10-15(7,8)12(2)11-16(9)13(3)14(4,5)6/h12H,3,10-11H2,1-2,4-9H3. The molecule has 1 heteroatoms. The van der Waals surface area contributed by atoms with E-state index in [0.29, 0.717) is 11.3 Å². The van der Waals surface area contributed by atoms with E-state index in [1.807, 2.05) is 0 Å². The summed E-state index contributed by atoms with van der Waals surface area (Å²) in [4.78, 5) is 2.32. The number of hydrogen-bond acceptors (Lipinski definition) is 1. The minimum Gasteiger partial charge on any atom is -0.378 e. The van der Waals surface area contributed by atoms with Gasteiger partial charge in [-0.15, -0.1) is 0 Å². The van der Waals surface area contributed by atoms with E-state index < -0.39 is 0 Å². The Labute approximate surface area is 103 Å². The minimum atomic E-state index is 0.171. The Kier molecular flexibility index (Phi) is 5.10. The van der Waals surface area contributed by atoms with Crippen LogP contribution in [-0.2, 0) is 0 Å². The van der Waals surface area contributed by atoms with Gasteiger partial charge in [-0.05, 0) is 11.3 Å². The molecular formula is C15H31N. The summed E-state index contributed by atoms with van der Waals surface area (Å²) in [7, 11) is 2.16. The molecular weight excluding hydrogens is 194 g/mol. The summed E-state index contributed by atoms with van der Waals surface area (Å²) in [6, 6.07) is 0. The third-order valence-corrected chi connectivity index (χ3v) is 4.12. The van der Waals surface area contributed by atoms with Crippen LogP contribution in [0.1, 0.15) is 54.9 Å². The van der Waals surface area contributed by atoms with Crippen LogP contribution in [0, 0.1) is 16.7 Å². The summed E-state index contributed by atoms with van der Waals surface area (Å²) in [5.41, 5.74) is 1.81. The largest absolute Gasteiger partial charge is 0.378 e. The van der Waals surface area contributed by atoms with Crippen molar-refractivity contribution in [1.82, 2.24) is 4.90 Å². The molecule has 0 aliphatic carbocycles. The molecule has 0 saturated heterocycles. The van der Waals surface area contributed by atoms with Crippen molar-refractivity contribution in [3.8, 4) is 0 Å². The van der Waals surface area contributed by atoms with Gasteiger partial charge in [0.25, 0.3) is 0 Å². The van der Waals surface area contributed by atoms with Crippen molar-refractivity contribution in [2.75, 3.05) is 13.6 Å². The third kappa shape index (κ3) is 4.19. The quantitative estimate of drug-likeness (QED) is 0.663. The molecule has 0 aromatic rings. The normalized spacial score (nSPS) is 14.8. The van der Waals surface area contributed by atoms with Gasteiger partial charge in [0.1, 0.15) is 0 Å². The van der Waals surface area contributed by atoms with E-state index in [-0.39, 0.29) is 5.41 Å². The zero-order chi connectivity index (χ0) is 13.1. The van der Waals surface area contributed by atoms with Crippen molar-refractivity contribution in [1.29, 1.82) is 0 Å². The summed E-state index contributed by atoms with van der Waals surface area (Å²) >= 11 is 0. The Morgan fingerprint density at radius 2 is 1.62 bits per heavy atom. The first kappa shape index (κ1) is 15.5. The average molecular weight is 225 g/mol. The third-order valence-electron chi connectivity index (χ3n) is 4.12. The van der Waals surface area contributed by atoms with Crippen LogP contribution in [0.5, 0.6) is 0 Å². The molecule has 0 rings (SSSR count). The lowest BCUT2D eigenvalue weighted by atomic mass is 9.77. The summed E-state index contributed by atoms with van der Waals surface area (Å²) in [5, 5.41) is 0. The van der Waals surface area contributed by atoms with Crippen LogP contribution >= 0.6 is 0 Å². The van der Waals surface area contributed by atoms with Gasteiger partial charge in [0, 0.05) is 24.7 Å². The molecule has 16 heavy (non-hydrogen) atoms. The van der Waals surface area contributed by atoms with Crippen LogP contribution in [-0.4, -0.2) is 18.5 Å². The van der Waals surface area contributed by atoms with Gasteiger partial charge >= 0.3 is 0 Å². The molecule has 1 unspecified atom stereocenters. The molecule has 0 saturated carbocycles. The molecule has 0 heterocycles. The second-order valence-corrected chi connectivity index (χ2v) is 6.82. The molecule has 0 aliphatic rings. The molecule has 1 atom stereocenters. The van der Waals surface area contributed by atoms with E-state index in [1.54, 1.807) is 0 Å². The highest BCUT2D eigenvalue weighted by Crippen LogP contribution is 2.33. The fourth-order valence-corrected chi connectivity index (χ4v) is 1.69. The first-order chi connectivity index (χ1) is 7.02. The molecule has 0 fully saturated rings. The van der Waals surface area contributed by atoms with Gasteiger partial charge in [0.2, 0.25) is 0 Å². The van der Waals surface area contributed by atoms with Crippen molar-refractivity contribution in [3.05, 3.63) is 12.3 Å². The Hall–Kier alpha value is -0.460. The number of hydrogen-bond donors (Lipinski definition) is 0. The lowest BCUT2D eigenvalue weighted by Gasteiger charge is -2.38. The van der Waals surface area contributed by atoms with Crippen LogP contribution in [0.3, 0.4) is 0 Å². The highest BCUT2D eigenvalue weighted by molar-refractivity contribution is 5.03. The van der Waals surface area contributed by atoms with Crippen molar-refractivity contribution in [3.63, 3.8) is 0 Å². The zero-order valence-corrected chi connectivity index (χ0v) is 12.6. The topological polar surface area (TPSA) is 3.24 Å². The monoisotopic (exact) mass is 225 g/mol. The van der Waals surface area contributed by atoms with Crippen LogP contribution in [0.4, 0.5) is 0 Å². The molecule has 96 valence electrons. The van der Waals surface area contributed by atoms with E-state index >= 15 is 0 Å². The summed E-state index contributed by atoms with van der Waals surface area (Å²) < 4.78 is 0. The molecule has 0 spiro atoms. The van der Waals surface area contributed by atoms with Gasteiger partial charge in [-0.25, -0.2) is 0 Å². The Morgan fingerprint density at radius 3 is 1.94 bits per heavy atom. The van der Waals surface area contributed by atoms with Crippen LogP contribution < -0.4 is 0 Å². The van der Waals surface area contributed by atoms with Crippen LogP contribution in [0.2, 0.25) is 0 Å². The Bertz CT molecular complexity index is 232. The van der Waals surface area contributed by atoms with Gasteiger partial charge < -0.3 is 4.90 Å². The predicted octanol–water partition coefficient (Wildman–Crippen LogP) is 4.55. The van der Waals surface area contributed by atoms with Crippen molar-refractivity contribution in [2.45, 2.75) is 54.9 Å². The Morgan fingerprint density at radius 1 is 1.19 bits per heavy atom. The fraction of sp³-hybridized carbons (Fsp3) is 0.867. The summed E-state index contributed by atoms with van der Waals surface area (Å²) in [5.74, 6) is 0.682. The zero-order valence-electron chi connectivity index (χ0n) is 12.6. The molecule has 0 aromatic carbocycles. The second-order valence-electron chi connectivity index (χ2n) is 6.82. The highest BCUT2D eigenvalue weighted by atomic mass is 15.1. The van der Waals surface area contributed by atoms with Crippen LogP contribution in [0.25, 0.3) is 0 Å². The number of allylic oxidation sites excluding steroid dienone is 1. The first-order valence-electron chi connectivity index (χ1n) is 6.43. The average Bonchev–Trinajstić information content (AvgIpc) is 2.14. The van der Waals surface area contributed by atoms with Crippen molar-refractivity contribution < 1.29 is 0 Å². The van der Waals surface area contributed by atoms with Gasteiger partial charge in [0.05, 0.1) is 0 Å². The molecule has 0 amide bonds. The number of rotatable bonds is 5. The van der Waals surface area contributed by atoms with E-state index in [0.717, 1.165) is 6.54 Å². The summed E-state index contributed by atoms with van der Waals surface area (Å²) in [6.45, 7) is 21.3. The van der Waals surface area contributed by atoms with E-state index in [2.05, 4.69) is 67.0 Å². The lowest BCUT2D eigenvalue weighted by Crippen LogP contribution is -2.35. The van der Waals surface area contributed by atoms with E-state index in [1.165, 1.54) is 12.1 Å². The molecule has 1 nitrogen and oxygen atoms in total. The maximum absolute atomic E-state index is 4.21. The van der Waals surface area contributed by atoms with Crippen LogP contribution in [0.15, 0.2) is 12.3 Å². The number of nitrogens with zero attached hydrogens (tertiary/aromatic N) is 1. The highest BCUT2D eigenvalue weighted by Gasteiger charge is 2.27. The van der Waals surface area contributed by atoms with Gasteiger partial charge in [-0.2, -0.15) is 0 Å². The molecule has 0 aromatic heterocycles. The first-order valence-corrected chi connectivity index (χ1v) is 6.43. The maximum Gasteiger partial charge on any atom is 0.0202 e. The van der Waals surface area contributed by atoms with Gasteiger partial charge in [-0.1, -0.05) is 61.5 Å². The molecule has 0 radical (unpaired) electrons. The maximum atomic E-state index is 4.21. The van der Waals surface area contributed by atoms with Gasteiger partial charge in [-0.3, -0.25) is 0 Å². The SMILES string of the molecule is C=C(N(C)CC(C)C(C)(C)CC)C(C)(C)C. The minimum absolute atomic E-state index is 0.171. The molecule has 0 N–H and O–H groups in total. The summed E-state index contributed by atoms with van der Waals surface area (Å²) in [6.07, 6.45) is 1.23. The smallest absolute Gasteiger partial charge is 0.0202 e. The lowest BCUT2D eigenvalue weighted by molar-refractivity contribution is 0.165. The van der Waals surface area contributed by atoms with E-state index in [9.17, 15) is 0 Å². The molecule has 0 aliphatic heterocycles. The Balaban J connectivity index is 4.47.